The minimum atomic E-state index is -0.601. The lowest BCUT2D eigenvalue weighted by molar-refractivity contribution is -0.127. The van der Waals surface area contributed by atoms with E-state index in [0.717, 1.165) is 11.4 Å². The molecule has 8 nitrogen and oxygen atoms in total. The van der Waals surface area contributed by atoms with E-state index in [1.165, 1.54) is 24.2 Å². The van der Waals surface area contributed by atoms with Gasteiger partial charge in [-0.3, -0.25) is 4.79 Å². The SMILES string of the molecule is CC(Oc1ccc(-n2cnnn2)cc1)C(=O)NCc1csc(C2CC2)n1. The Bertz CT molecular complexity index is 873. The van der Waals surface area contributed by atoms with Crippen molar-refractivity contribution in [3.05, 3.63) is 46.7 Å². The van der Waals surface area contributed by atoms with Gasteiger partial charge in [0.1, 0.15) is 12.1 Å². The summed E-state index contributed by atoms with van der Waals surface area (Å²) < 4.78 is 7.24. The molecule has 134 valence electrons. The maximum atomic E-state index is 12.2. The van der Waals surface area contributed by atoms with Crippen molar-refractivity contribution in [2.24, 2.45) is 0 Å². The van der Waals surface area contributed by atoms with Crippen LogP contribution >= 0.6 is 11.3 Å². The molecule has 1 fully saturated rings. The number of nitrogens with zero attached hydrogens (tertiary/aromatic N) is 5. The zero-order valence-corrected chi connectivity index (χ0v) is 15.0. The molecule has 1 amide bonds. The van der Waals surface area contributed by atoms with Crippen LogP contribution in [-0.2, 0) is 11.3 Å². The first-order chi connectivity index (χ1) is 12.7. The Morgan fingerprint density at radius 3 is 2.88 bits per heavy atom. The number of benzene rings is 1. The molecule has 1 saturated carbocycles. The quantitative estimate of drug-likeness (QED) is 0.684. The van der Waals surface area contributed by atoms with Gasteiger partial charge in [0.05, 0.1) is 22.9 Å². The summed E-state index contributed by atoms with van der Waals surface area (Å²) in [4.78, 5) is 16.8. The number of carbonyl (C=O) groups is 1. The van der Waals surface area contributed by atoms with E-state index in [1.54, 1.807) is 35.1 Å². The van der Waals surface area contributed by atoms with Gasteiger partial charge in [-0.05, 0) is 54.5 Å². The molecule has 0 radical (unpaired) electrons. The smallest absolute Gasteiger partial charge is 0.261 e. The highest BCUT2D eigenvalue weighted by Crippen LogP contribution is 2.41. The number of rotatable bonds is 7. The van der Waals surface area contributed by atoms with E-state index in [0.29, 0.717) is 18.2 Å². The molecule has 1 unspecified atom stereocenters. The molecule has 1 N–H and O–H groups in total. The Labute approximate surface area is 154 Å². The first-order valence-electron chi connectivity index (χ1n) is 8.41. The van der Waals surface area contributed by atoms with Crippen LogP contribution < -0.4 is 10.1 Å². The van der Waals surface area contributed by atoms with Gasteiger partial charge in [0.15, 0.2) is 6.10 Å². The lowest BCUT2D eigenvalue weighted by Crippen LogP contribution is -2.36. The molecule has 1 atom stereocenters. The minimum Gasteiger partial charge on any atom is -0.481 e. The number of nitrogens with one attached hydrogen (secondary N) is 1. The largest absolute Gasteiger partial charge is 0.481 e. The predicted molar refractivity (Wildman–Crippen MR) is 95.2 cm³/mol. The Hall–Kier alpha value is -2.81. The summed E-state index contributed by atoms with van der Waals surface area (Å²) in [6.07, 6.45) is 3.38. The number of amides is 1. The van der Waals surface area contributed by atoms with Crippen molar-refractivity contribution in [1.29, 1.82) is 0 Å². The average molecular weight is 370 g/mol. The van der Waals surface area contributed by atoms with E-state index >= 15 is 0 Å². The average Bonchev–Trinajstić information content (AvgIpc) is 3.17. The molecule has 3 aromatic rings. The molecule has 26 heavy (non-hydrogen) atoms. The molecule has 2 heterocycles. The van der Waals surface area contributed by atoms with Crippen LogP contribution in [0.5, 0.6) is 5.75 Å². The number of aromatic nitrogens is 5. The molecule has 0 saturated heterocycles. The van der Waals surface area contributed by atoms with Crippen molar-refractivity contribution in [2.75, 3.05) is 0 Å². The van der Waals surface area contributed by atoms with Crippen LogP contribution in [0.25, 0.3) is 5.69 Å². The van der Waals surface area contributed by atoms with Gasteiger partial charge in [0.2, 0.25) is 0 Å². The topological polar surface area (TPSA) is 94.8 Å². The van der Waals surface area contributed by atoms with Gasteiger partial charge in [0.25, 0.3) is 5.91 Å². The van der Waals surface area contributed by atoms with E-state index in [2.05, 4.69) is 25.8 Å². The Morgan fingerprint density at radius 2 is 2.19 bits per heavy atom. The van der Waals surface area contributed by atoms with Gasteiger partial charge in [-0.25, -0.2) is 9.67 Å². The van der Waals surface area contributed by atoms with Gasteiger partial charge < -0.3 is 10.1 Å². The molecule has 0 aliphatic heterocycles. The second-order valence-electron chi connectivity index (χ2n) is 6.18. The van der Waals surface area contributed by atoms with Crippen molar-refractivity contribution < 1.29 is 9.53 Å². The molecule has 1 aromatic carbocycles. The molecular formula is C17H18N6O2S. The Kier molecular flexibility index (Phi) is 4.61. The van der Waals surface area contributed by atoms with Crippen molar-refractivity contribution >= 4 is 17.2 Å². The van der Waals surface area contributed by atoms with Crippen LogP contribution in [0.4, 0.5) is 0 Å². The lowest BCUT2D eigenvalue weighted by Gasteiger charge is -2.14. The zero-order chi connectivity index (χ0) is 17.9. The monoisotopic (exact) mass is 370 g/mol. The summed E-state index contributed by atoms with van der Waals surface area (Å²) in [6, 6.07) is 7.21. The van der Waals surface area contributed by atoms with Gasteiger partial charge in [-0.15, -0.1) is 16.4 Å². The number of hydrogen-bond donors (Lipinski definition) is 1. The van der Waals surface area contributed by atoms with Crippen LogP contribution in [0.3, 0.4) is 0 Å². The number of carbonyl (C=O) groups excluding carboxylic acids is 1. The van der Waals surface area contributed by atoms with E-state index in [-0.39, 0.29) is 5.91 Å². The van der Waals surface area contributed by atoms with Gasteiger partial charge in [-0.1, -0.05) is 0 Å². The van der Waals surface area contributed by atoms with Crippen molar-refractivity contribution in [3.63, 3.8) is 0 Å². The highest BCUT2D eigenvalue weighted by molar-refractivity contribution is 7.09. The second kappa shape index (κ2) is 7.20. The molecule has 9 heteroatoms. The van der Waals surface area contributed by atoms with Crippen LogP contribution in [0.15, 0.2) is 36.0 Å². The predicted octanol–water partition coefficient (Wildman–Crippen LogP) is 2.08. The van der Waals surface area contributed by atoms with Crippen molar-refractivity contribution in [2.45, 2.75) is 38.3 Å². The summed E-state index contributed by atoms with van der Waals surface area (Å²) in [5, 5.41) is 17.1. The van der Waals surface area contributed by atoms with E-state index in [9.17, 15) is 4.79 Å². The maximum absolute atomic E-state index is 12.2. The third-order valence-electron chi connectivity index (χ3n) is 4.07. The first kappa shape index (κ1) is 16.6. The molecule has 0 spiro atoms. The molecule has 0 bridgehead atoms. The molecular weight excluding hydrogens is 352 g/mol. The zero-order valence-electron chi connectivity index (χ0n) is 14.2. The fraction of sp³-hybridized carbons (Fsp3) is 0.353. The normalized spacial score (nSPS) is 14.8. The maximum Gasteiger partial charge on any atom is 0.261 e. The van der Waals surface area contributed by atoms with Crippen LogP contribution in [0.2, 0.25) is 0 Å². The highest BCUT2D eigenvalue weighted by Gasteiger charge is 2.26. The summed E-state index contributed by atoms with van der Waals surface area (Å²) in [6.45, 7) is 2.15. The van der Waals surface area contributed by atoms with Crippen LogP contribution in [-0.4, -0.2) is 37.2 Å². The molecule has 4 rings (SSSR count). The van der Waals surface area contributed by atoms with Crippen molar-refractivity contribution in [1.82, 2.24) is 30.5 Å². The van der Waals surface area contributed by atoms with Gasteiger partial charge >= 0.3 is 0 Å². The van der Waals surface area contributed by atoms with Crippen LogP contribution in [0.1, 0.15) is 36.4 Å². The molecule has 1 aliphatic rings. The Balaban J connectivity index is 1.29. The lowest BCUT2D eigenvalue weighted by atomic mass is 10.3. The van der Waals surface area contributed by atoms with E-state index in [4.69, 9.17) is 4.74 Å². The van der Waals surface area contributed by atoms with Gasteiger partial charge in [-0.2, -0.15) is 0 Å². The van der Waals surface area contributed by atoms with E-state index in [1.807, 2.05) is 17.5 Å². The third kappa shape index (κ3) is 3.88. The minimum absolute atomic E-state index is 0.171. The summed E-state index contributed by atoms with van der Waals surface area (Å²) >= 11 is 1.67. The fourth-order valence-corrected chi connectivity index (χ4v) is 3.45. The van der Waals surface area contributed by atoms with Crippen LogP contribution in [0, 0.1) is 0 Å². The number of tetrazole rings is 1. The Morgan fingerprint density at radius 1 is 1.38 bits per heavy atom. The molecule has 1 aliphatic carbocycles. The number of hydrogen-bond acceptors (Lipinski definition) is 7. The third-order valence-corrected chi connectivity index (χ3v) is 5.13. The second-order valence-corrected chi connectivity index (χ2v) is 7.07. The first-order valence-corrected chi connectivity index (χ1v) is 9.29. The number of thiazole rings is 1. The summed E-state index contributed by atoms with van der Waals surface area (Å²) in [5.74, 6) is 1.08. The summed E-state index contributed by atoms with van der Waals surface area (Å²) in [7, 11) is 0. The van der Waals surface area contributed by atoms with E-state index < -0.39 is 6.10 Å². The highest BCUT2D eigenvalue weighted by atomic mass is 32.1. The van der Waals surface area contributed by atoms with Crippen molar-refractivity contribution in [3.8, 4) is 11.4 Å². The number of ether oxygens (including phenoxy) is 1. The summed E-state index contributed by atoms with van der Waals surface area (Å²) in [5.41, 5.74) is 1.72. The molecule has 2 aromatic heterocycles. The fourth-order valence-electron chi connectivity index (χ4n) is 2.46. The standard InChI is InChI=1S/C17H18N6O2S/c1-11(16(24)18-8-13-9-26-17(20-13)12-2-3-12)25-15-6-4-14(5-7-15)23-10-19-21-22-23/h4-7,9-12H,2-3,8H2,1H3,(H,18,24). The van der Waals surface area contributed by atoms with Gasteiger partial charge in [0, 0.05) is 11.3 Å².